The fourth-order valence-electron chi connectivity index (χ4n) is 0.849. The maximum atomic E-state index is 10.3. The van der Waals surface area contributed by atoms with Crippen LogP contribution in [-0.4, -0.2) is 42.6 Å². The largest absolute Gasteiger partial charge is 0.483 e. The maximum absolute atomic E-state index is 10.3. The van der Waals surface area contributed by atoms with E-state index in [1.165, 1.54) is 0 Å². The highest BCUT2D eigenvalue weighted by Gasteiger charge is 1.90. The van der Waals surface area contributed by atoms with Crippen molar-refractivity contribution >= 4 is 24.4 Å². The molecule has 0 unspecified atom stereocenters. The molecule has 4 N–H and O–H groups in total. The number of nitrogens with two attached hydrogens (primary N) is 1. The Bertz CT molecular complexity index is 244. The second-order valence-electron chi connectivity index (χ2n) is 3.58. The van der Waals surface area contributed by atoms with Crippen LogP contribution in [0.2, 0.25) is 0 Å². The Morgan fingerprint density at radius 2 is 1.53 bits per heavy atom. The molecule has 1 amide bonds. The summed E-state index contributed by atoms with van der Waals surface area (Å²) in [7, 11) is 0. The van der Waals surface area contributed by atoms with Crippen molar-refractivity contribution in [2.75, 3.05) is 13.1 Å². The van der Waals surface area contributed by atoms with Gasteiger partial charge >= 0.3 is 0 Å². The van der Waals surface area contributed by atoms with E-state index >= 15 is 0 Å². The summed E-state index contributed by atoms with van der Waals surface area (Å²) in [5, 5.41) is 9.36. The monoisotopic (exact) mass is 276 g/mol. The highest BCUT2D eigenvalue weighted by molar-refractivity contribution is 5.75. The Morgan fingerprint density at radius 1 is 1.11 bits per heavy atom. The van der Waals surface area contributed by atoms with Crippen LogP contribution in [0.3, 0.4) is 0 Å². The van der Waals surface area contributed by atoms with Crippen molar-refractivity contribution in [2.24, 2.45) is 5.73 Å². The van der Waals surface area contributed by atoms with E-state index in [9.17, 15) is 14.4 Å². The molecule has 0 fully saturated rings. The molecule has 19 heavy (non-hydrogen) atoms. The number of amides is 1. The molecule has 0 aromatic rings. The summed E-state index contributed by atoms with van der Waals surface area (Å²) >= 11 is 0. The van der Waals surface area contributed by atoms with Crippen LogP contribution in [0.5, 0.6) is 0 Å². The molecule has 0 aliphatic rings. The number of carbonyl (C=O) groups is 4. The molecule has 0 aliphatic carbocycles. The summed E-state index contributed by atoms with van der Waals surface area (Å²) in [5.74, 6) is 0.396. The summed E-state index contributed by atoms with van der Waals surface area (Å²) in [6, 6.07) is 0. The van der Waals surface area contributed by atoms with Gasteiger partial charge in [-0.15, -0.1) is 0 Å². The number of rotatable bonds is 8. The molecule has 0 saturated carbocycles. The van der Waals surface area contributed by atoms with Crippen LogP contribution in [0.4, 0.5) is 0 Å². The van der Waals surface area contributed by atoms with Gasteiger partial charge < -0.3 is 25.7 Å². The lowest BCUT2D eigenvalue weighted by Crippen LogP contribution is -2.12. The van der Waals surface area contributed by atoms with Gasteiger partial charge in [0.15, 0.2) is 0 Å². The smallest absolute Gasteiger partial charge is 0.290 e. The van der Waals surface area contributed by atoms with Crippen LogP contribution in [-0.2, 0) is 19.2 Å². The Hall–Kier alpha value is -1.76. The van der Waals surface area contributed by atoms with E-state index in [1.807, 2.05) is 0 Å². The van der Waals surface area contributed by atoms with Crippen molar-refractivity contribution in [3.8, 4) is 0 Å². The lowest BCUT2D eigenvalue weighted by atomic mass is 10.2. The van der Waals surface area contributed by atoms with Crippen molar-refractivity contribution in [2.45, 2.75) is 39.5 Å². The minimum atomic E-state index is -0.250. The Kier molecular flexibility index (Phi) is 25.4. The summed E-state index contributed by atoms with van der Waals surface area (Å²) < 4.78 is 0. The van der Waals surface area contributed by atoms with Crippen molar-refractivity contribution in [1.29, 1.82) is 0 Å². The molecule has 0 heterocycles. The van der Waals surface area contributed by atoms with Crippen LogP contribution in [0, 0.1) is 0 Å². The van der Waals surface area contributed by atoms with Crippen molar-refractivity contribution in [3.05, 3.63) is 0 Å². The number of carboxylic acid groups (broad SMARTS) is 1. The van der Waals surface area contributed by atoms with Crippen LogP contribution >= 0.6 is 0 Å². The number of ketones is 2. The average Bonchev–Trinajstić information content (AvgIpc) is 2.33. The number of hydrogen-bond acceptors (Lipinski definition) is 5. The van der Waals surface area contributed by atoms with Gasteiger partial charge in [-0.3, -0.25) is 9.59 Å². The Morgan fingerprint density at radius 3 is 1.79 bits per heavy atom. The van der Waals surface area contributed by atoms with Gasteiger partial charge in [0.1, 0.15) is 11.6 Å². The minimum absolute atomic E-state index is 0.169. The van der Waals surface area contributed by atoms with Crippen LogP contribution < -0.4 is 11.1 Å². The van der Waals surface area contributed by atoms with Gasteiger partial charge in [-0.05, 0) is 33.2 Å². The zero-order chi connectivity index (χ0) is 15.5. The Labute approximate surface area is 113 Å². The predicted molar refractivity (Wildman–Crippen MR) is 71.6 cm³/mol. The molecule has 0 aromatic carbocycles. The molecule has 7 heteroatoms. The average molecular weight is 276 g/mol. The van der Waals surface area contributed by atoms with E-state index in [4.69, 9.17) is 15.6 Å². The summed E-state index contributed by atoms with van der Waals surface area (Å²) in [6.07, 6.45) is 3.40. The van der Waals surface area contributed by atoms with Gasteiger partial charge in [0.05, 0.1) is 0 Å². The molecule has 0 aliphatic heterocycles. The molecule has 0 bridgehead atoms. The highest BCUT2D eigenvalue weighted by atomic mass is 16.3. The number of nitrogens with one attached hydrogen (secondary N) is 1. The van der Waals surface area contributed by atoms with E-state index in [2.05, 4.69) is 5.32 Å². The van der Waals surface area contributed by atoms with Crippen molar-refractivity contribution in [1.82, 2.24) is 5.32 Å². The van der Waals surface area contributed by atoms with Crippen LogP contribution in [0.25, 0.3) is 0 Å². The summed E-state index contributed by atoms with van der Waals surface area (Å²) in [4.78, 5) is 38.5. The Balaban J connectivity index is -0.000000228. The minimum Gasteiger partial charge on any atom is -0.483 e. The van der Waals surface area contributed by atoms with Gasteiger partial charge in [-0.1, -0.05) is 0 Å². The van der Waals surface area contributed by atoms with Gasteiger partial charge in [0.2, 0.25) is 6.41 Å². The quantitative estimate of drug-likeness (QED) is 0.427. The van der Waals surface area contributed by atoms with E-state index < -0.39 is 0 Å². The normalized spacial score (nSPS) is 7.95. The van der Waals surface area contributed by atoms with E-state index in [0.29, 0.717) is 32.3 Å². The lowest BCUT2D eigenvalue weighted by Gasteiger charge is -1.93. The van der Waals surface area contributed by atoms with Crippen LogP contribution in [0.1, 0.15) is 39.5 Å². The second-order valence-corrected chi connectivity index (χ2v) is 3.58. The van der Waals surface area contributed by atoms with E-state index in [1.54, 1.807) is 13.8 Å². The van der Waals surface area contributed by atoms with Gasteiger partial charge in [0, 0.05) is 19.4 Å². The first-order valence-corrected chi connectivity index (χ1v) is 5.90. The number of carbonyl (C=O) groups excluding carboxylic acids is 3. The molecular weight excluding hydrogens is 252 g/mol. The fraction of sp³-hybridized carbons (Fsp3) is 0.667. The van der Waals surface area contributed by atoms with Gasteiger partial charge in [0.25, 0.3) is 6.47 Å². The molecule has 0 spiro atoms. The molecule has 0 rings (SSSR count). The first-order chi connectivity index (χ1) is 8.95. The van der Waals surface area contributed by atoms with Gasteiger partial charge in [-0.25, -0.2) is 0 Å². The van der Waals surface area contributed by atoms with E-state index in [-0.39, 0.29) is 18.0 Å². The highest BCUT2D eigenvalue weighted by Crippen LogP contribution is 1.86. The topological polar surface area (TPSA) is 127 Å². The fourth-order valence-corrected chi connectivity index (χ4v) is 0.849. The summed E-state index contributed by atoms with van der Waals surface area (Å²) in [6.45, 7) is 4.10. The lowest BCUT2D eigenvalue weighted by molar-refractivity contribution is -0.123. The molecule has 7 nitrogen and oxygen atoms in total. The first-order valence-electron chi connectivity index (χ1n) is 5.90. The third-order valence-corrected chi connectivity index (χ3v) is 1.67. The maximum Gasteiger partial charge on any atom is 0.290 e. The predicted octanol–water partition coefficient (Wildman–Crippen LogP) is 0.117. The molecule has 112 valence electrons. The SMILES string of the molecule is CC(=O)CCCN.CC(=O)CCCNC=O.O=CO. The van der Waals surface area contributed by atoms with Crippen molar-refractivity contribution in [3.63, 3.8) is 0 Å². The zero-order valence-electron chi connectivity index (χ0n) is 11.6. The molecule has 0 atom stereocenters. The van der Waals surface area contributed by atoms with Crippen LogP contribution in [0.15, 0.2) is 0 Å². The first kappa shape index (κ1) is 22.4. The molecule has 0 saturated heterocycles. The molecular formula is C12H24N2O5. The van der Waals surface area contributed by atoms with Gasteiger partial charge in [-0.2, -0.15) is 0 Å². The third kappa shape index (κ3) is 48.5. The number of Topliss-reactive ketones (excluding diaryl/α,β-unsaturated/α-hetero) is 2. The standard InChI is InChI=1S/C6H11NO2.C5H11NO.CH2O2/c1-6(9)3-2-4-7-5-8;1-5(7)3-2-4-6;2-1-3/h5H,2-4H2,1H3,(H,7,8);2-4,6H2,1H3;1H,(H,2,3). The van der Waals surface area contributed by atoms with Crippen molar-refractivity contribution < 1.29 is 24.3 Å². The number of hydrogen-bond donors (Lipinski definition) is 3. The summed E-state index contributed by atoms with van der Waals surface area (Å²) in [5.41, 5.74) is 5.12. The molecule has 0 radical (unpaired) electrons. The van der Waals surface area contributed by atoms with E-state index in [0.717, 1.165) is 12.8 Å². The molecule has 0 aromatic heterocycles. The second kappa shape index (κ2) is 21.5. The zero-order valence-corrected chi connectivity index (χ0v) is 11.6. The third-order valence-electron chi connectivity index (χ3n) is 1.67.